The summed E-state index contributed by atoms with van der Waals surface area (Å²) < 4.78 is 0. The molecule has 0 amide bonds. The van der Waals surface area contributed by atoms with Gasteiger partial charge in [0.05, 0.1) is 12.2 Å². The van der Waals surface area contributed by atoms with Crippen LogP contribution in [-0.4, -0.2) is 16.2 Å². The number of carbonyl (C=O) groups is 1. The molecule has 4 heteroatoms. The van der Waals surface area contributed by atoms with E-state index < -0.39 is 5.97 Å². The Morgan fingerprint density at radius 3 is 2.62 bits per heavy atom. The smallest absolute Gasteiger partial charge is 0.336 e. The van der Waals surface area contributed by atoms with E-state index in [1.54, 1.807) is 12.1 Å². The molecule has 0 atom stereocenters. The zero-order valence-corrected chi connectivity index (χ0v) is 7.03. The van der Waals surface area contributed by atoms with E-state index in [4.69, 9.17) is 15.9 Å². The van der Waals surface area contributed by atoms with Gasteiger partial charge >= 0.3 is 5.97 Å². The fourth-order valence-corrected chi connectivity index (χ4v) is 1.11. The van der Waals surface area contributed by atoms with Gasteiger partial charge < -0.3 is 15.9 Å². The lowest BCUT2D eigenvalue weighted by Gasteiger charge is -2.04. The molecule has 70 valence electrons. The minimum Gasteiger partial charge on any atom is -0.478 e. The van der Waals surface area contributed by atoms with Crippen molar-refractivity contribution in [3.05, 3.63) is 34.9 Å². The number of carboxylic acid groups (broad SMARTS) is 1. The first-order chi connectivity index (χ1) is 6.19. The topological polar surface area (TPSA) is 83.6 Å². The summed E-state index contributed by atoms with van der Waals surface area (Å²) in [5.41, 5.74) is 6.71. The molecule has 0 radical (unpaired) electrons. The molecule has 0 spiro atoms. The number of rotatable bonds is 3. The van der Waals surface area contributed by atoms with E-state index in [0.717, 1.165) is 5.56 Å². The molecule has 0 aliphatic heterocycles. The lowest BCUT2D eigenvalue weighted by atomic mass is 10.0. The molecule has 0 fully saturated rings. The fraction of sp³-hybridized carbons (Fsp3) is 0.222. The van der Waals surface area contributed by atoms with Crippen LogP contribution in [0.5, 0.6) is 0 Å². The average Bonchev–Trinajstić information content (AvgIpc) is 2.16. The SMILES string of the molecule is NCc1ccc(C(=O)O)c(CO)c1. The van der Waals surface area contributed by atoms with Crippen LogP contribution in [0.4, 0.5) is 0 Å². The van der Waals surface area contributed by atoms with Crippen LogP contribution in [0.2, 0.25) is 0 Å². The fourth-order valence-electron chi connectivity index (χ4n) is 1.11. The van der Waals surface area contributed by atoms with Crippen molar-refractivity contribution in [2.24, 2.45) is 5.73 Å². The molecule has 0 aliphatic carbocycles. The van der Waals surface area contributed by atoms with Crippen LogP contribution in [0.25, 0.3) is 0 Å². The molecule has 13 heavy (non-hydrogen) atoms. The van der Waals surface area contributed by atoms with Gasteiger partial charge in [-0.25, -0.2) is 4.79 Å². The van der Waals surface area contributed by atoms with Gasteiger partial charge in [-0.2, -0.15) is 0 Å². The normalized spacial score (nSPS) is 10.0. The summed E-state index contributed by atoms with van der Waals surface area (Å²) in [5.74, 6) is -1.03. The van der Waals surface area contributed by atoms with Gasteiger partial charge in [-0.05, 0) is 17.2 Å². The number of hydrogen-bond acceptors (Lipinski definition) is 3. The number of nitrogens with two attached hydrogens (primary N) is 1. The van der Waals surface area contributed by atoms with Crippen LogP contribution in [0.15, 0.2) is 18.2 Å². The Hall–Kier alpha value is -1.39. The number of benzene rings is 1. The summed E-state index contributed by atoms with van der Waals surface area (Å²) in [6, 6.07) is 4.70. The Morgan fingerprint density at radius 2 is 2.15 bits per heavy atom. The zero-order chi connectivity index (χ0) is 9.84. The third kappa shape index (κ3) is 2.05. The van der Waals surface area contributed by atoms with Crippen molar-refractivity contribution in [1.82, 2.24) is 0 Å². The molecule has 4 nitrogen and oxygen atoms in total. The van der Waals surface area contributed by atoms with Crippen LogP contribution >= 0.6 is 0 Å². The van der Waals surface area contributed by atoms with E-state index in [9.17, 15) is 4.79 Å². The maximum absolute atomic E-state index is 10.6. The predicted molar refractivity (Wildman–Crippen MR) is 47.2 cm³/mol. The number of aliphatic hydroxyl groups is 1. The molecular formula is C9H11NO3. The van der Waals surface area contributed by atoms with Gasteiger partial charge in [0.1, 0.15) is 0 Å². The third-order valence-electron chi connectivity index (χ3n) is 1.81. The van der Waals surface area contributed by atoms with Gasteiger partial charge in [0.25, 0.3) is 0 Å². The summed E-state index contributed by atoms with van der Waals surface area (Å²) >= 11 is 0. The van der Waals surface area contributed by atoms with Crippen LogP contribution < -0.4 is 5.73 Å². The highest BCUT2D eigenvalue weighted by Gasteiger charge is 2.08. The van der Waals surface area contributed by atoms with Gasteiger partial charge in [0, 0.05) is 6.54 Å². The van der Waals surface area contributed by atoms with Crippen molar-refractivity contribution in [3.63, 3.8) is 0 Å². The van der Waals surface area contributed by atoms with Gasteiger partial charge in [-0.1, -0.05) is 12.1 Å². The molecule has 0 aliphatic rings. The van der Waals surface area contributed by atoms with Gasteiger partial charge in [0.2, 0.25) is 0 Å². The standard InChI is InChI=1S/C9H11NO3/c10-4-6-1-2-8(9(12)13)7(3-6)5-11/h1-3,11H,4-5,10H2,(H,12,13). The lowest BCUT2D eigenvalue weighted by molar-refractivity contribution is 0.0693. The van der Waals surface area contributed by atoms with Crippen LogP contribution in [-0.2, 0) is 13.2 Å². The first kappa shape index (κ1) is 9.70. The molecule has 0 heterocycles. The highest BCUT2D eigenvalue weighted by Crippen LogP contribution is 2.11. The largest absolute Gasteiger partial charge is 0.478 e. The van der Waals surface area contributed by atoms with E-state index in [-0.39, 0.29) is 12.2 Å². The van der Waals surface area contributed by atoms with E-state index in [1.807, 2.05) is 0 Å². The molecule has 0 bridgehead atoms. The van der Waals surface area contributed by atoms with Crippen molar-refractivity contribution in [2.45, 2.75) is 13.2 Å². The molecule has 0 saturated heterocycles. The zero-order valence-electron chi connectivity index (χ0n) is 7.03. The predicted octanol–water partition coefficient (Wildman–Crippen LogP) is 0.336. The van der Waals surface area contributed by atoms with Gasteiger partial charge in [-0.15, -0.1) is 0 Å². The second-order valence-electron chi connectivity index (χ2n) is 2.66. The number of aromatic carboxylic acids is 1. The molecular weight excluding hydrogens is 170 g/mol. The van der Waals surface area contributed by atoms with Crippen LogP contribution in [0.3, 0.4) is 0 Å². The summed E-state index contributed by atoms with van der Waals surface area (Å²) in [6.45, 7) is 0.0579. The first-order valence-electron chi connectivity index (χ1n) is 3.85. The van der Waals surface area contributed by atoms with E-state index in [1.165, 1.54) is 6.07 Å². The molecule has 0 unspecified atom stereocenters. The maximum atomic E-state index is 10.6. The second-order valence-corrected chi connectivity index (χ2v) is 2.66. The summed E-state index contributed by atoms with van der Waals surface area (Å²) in [6.07, 6.45) is 0. The Kier molecular flexibility index (Phi) is 3.00. The maximum Gasteiger partial charge on any atom is 0.336 e. The summed E-state index contributed by atoms with van der Waals surface area (Å²) in [7, 11) is 0. The minimum atomic E-state index is -1.03. The van der Waals surface area contributed by atoms with Crippen molar-refractivity contribution in [2.75, 3.05) is 0 Å². The third-order valence-corrected chi connectivity index (χ3v) is 1.81. The minimum absolute atomic E-state index is 0.125. The highest BCUT2D eigenvalue weighted by atomic mass is 16.4. The molecule has 1 aromatic rings. The molecule has 0 saturated carbocycles. The Morgan fingerprint density at radius 1 is 1.46 bits per heavy atom. The number of carboxylic acids is 1. The Balaban J connectivity index is 3.15. The monoisotopic (exact) mass is 181 g/mol. The summed E-state index contributed by atoms with van der Waals surface area (Å²) in [5, 5.41) is 17.6. The second kappa shape index (κ2) is 4.02. The first-order valence-corrected chi connectivity index (χ1v) is 3.85. The van der Waals surface area contributed by atoms with Crippen molar-refractivity contribution in [1.29, 1.82) is 0 Å². The van der Waals surface area contributed by atoms with Crippen molar-refractivity contribution >= 4 is 5.97 Å². The van der Waals surface area contributed by atoms with E-state index in [2.05, 4.69) is 0 Å². The number of hydrogen-bond donors (Lipinski definition) is 3. The van der Waals surface area contributed by atoms with Gasteiger partial charge in [-0.3, -0.25) is 0 Å². The Bertz CT molecular complexity index is 323. The average molecular weight is 181 g/mol. The summed E-state index contributed by atoms with van der Waals surface area (Å²) in [4.78, 5) is 10.6. The molecule has 0 aromatic heterocycles. The molecule has 1 aromatic carbocycles. The van der Waals surface area contributed by atoms with E-state index in [0.29, 0.717) is 12.1 Å². The van der Waals surface area contributed by atoms with E-state index >= 15 is 0 Å². The van der Waals surface area contributed by atoms with Crippen molar-refractivity contribution < 1.29 is 15.0 Å². The van der Waals surface area contributed by atoms with Gasteiger partial charge in [0.15, 0.2) is 0 Å². The van der Waals surface area contributed by atoms with Crippen molar-refractivity contribution in [3.8, 4) is 0 Å². The van der Waals surface area contributed by atoms with Crippen LogP contribution in [0.1, 0.15) is 21.5 Å². The number of aliphatic hydroxyl groups excluding tert-OH is 1. The molecule has 4 N–H and O–H groups in total. The highest BCUT2D eigenvalue weighted by molar-refractivity contribution is 5.89. The van der Waals surface area contributed by atoms with Crippen LogP contribution in [0, 0.1) is 0 Å². The lowest BCUT2D eigenvalue weighted by Crippen LogP contribution is -2.05. The molecule has 1 rings (SSSR count). The quantitative estimate of drug-likeness (QED) is 0.627. The Labute approximate surface area is 75.6 Å².